The molecule has 2 aromatic rings. The molecule has 2 aromatic carbocycles. The van der Waals surface area contributed by atoms with Gasteiger partial charge < -0.3 is 15.2 Å². The second kappa shape index (κ2) is 6.38. The van der Waals surface area contributed by atoms with Crippen LogP contribution < -0.4 is 10.5 Å². The predicted molar refractivity (Wildman–Crippen MR) is 73.8 cm³/mol. The van der Waals surface area contributed by atoms with Gasteiger partial charge >= 0.3 is 0 Å². The summed E-state index contributed by atoms with van der Waals surface area (Å²) >= 11 is 0. The molecule has 2 rings (SSSR count). The van der Waals surface area contributed by atoms with E-state index in [1.165, 1.54) is 0 Å². The average Bonchev–Trinajstić information content (AvgIpc) is 2.43. The molecular weight excluding hydrogens is 226 g/mol. The van der Waals surface area contributed by atoms with Gasteiger partial charge in [0.25, 0.3) is 0 Å². The van der Waals surface area contributed by atoms with Gasteiger partial charge in [-0.3, -0.25) is 0 Å². The van der Waals surface area contributed by atoms with E-state index in [1.807, 2.05) is 31.2 Å². The van der Waals surface area contributed by atoms with Crippen LogP contribution in [0.1, 0.15) is 12.5 Å². The molecule has 0 spiro atoms. The third kappa shape index (κ3) is 2.81. The molecule has 2 N–H and O–H groups in total. The predicted octanol–water partition coefficient (Wildman–Crippen LogP) is 2.71. The van der Waals surface area contributed by atoms with E-state index in [4.69, 9.17) is 15.2 Å². The van der Waals surface area contributed by atoms with Crippen LogP contribution in [-0.4, -0.2) is 19.8 Å². The molecule has 0 aliphatic heterocycles. The number of rotatable bonds is 6. The molecule has 0 radical (unpaired) electrons. The summed E-state index contributed by atoms with van der Waals surface area (Å²) in [7, 11) is 0. The topological polar surface area (TPSA) is 44.5 Å². The van der Waals surface area contributed by atoms with Gasteiger partial charge in [-0.05, 0) is 23.9 Å². The molecule has 0 saturated carbocycles. The lowest BCUT2D eigenvalue weighted by Gasteiger charge is -2.11. The Bertz CT molecular complexity index is 511. The molecule has 0 aliphatic rings. The van der Waals surface area contributed by atoms with E-state index in [-0.39, 0.29) is 0 Å². The second-order valence-electron chi connectivity index (χ2n) is 4.02. The van der Waals surface area contributed by atoms with Crippen molar-refractivity contribution in [1.82, 2.24) is 0 Å². The lowest BCUT2D eigenvalue weighted by Crippen LogP contribution is -2.07. The highest BCUT2D eigenvalue weighted by molar-refractivity contribution is 5.91. The average molecular weight is 245 g/mol. The minimum atomic E-state index is 0.541. The first kappa shape index (κ1) is 12.9. The Morgan fingerprint density at radius 3 is 2.50 bits per heavy atom. The van der Waals surface area contributed by atoms with Crippen molar-refractivity contribution in [3.63, 3.8) is 0 Å². The van der Waals surface area contributed by atoms with Gasteiger partial charge in [-0.1, -0.05) is 30.3 Å². The zero-order chi connectivity index (χ0) is 12.8. The van der Waals surface area contributed by atoms with E-state index in [0.29, 0.717) is 19.8 Å². The van der Waals surface area contributed by atoms with Crippen molar-refractivity contribution in [1.29, 1.82) is 0 Å². The molecule has 3 heteroatoms. The molecule has 0 atom stereocenters. The maximum Gasteiger partial charge on any atom is 0.127 e. The van der Waals surface area contributed by atoms with Crippen LogP contribution in [0.15, 0.2) is 36.4 Å². The second-order valence-corrected chi connectivity index (χ2v) is 4.02. The van der Waals surface area contributed by atoms with Gasteiger partial charge in [0.05, 0.1) is 6.61 Å². The van der Waals surface area contributed by atoms with Crippen LogP contribution in [0.4, 0.5) is 0 Å². The molecule has 0 unspecified atom stereocenters. The molecule has 0 saturated heterocycles. The van der Waals surface area contributed by atoms with Gasteiger partial charge in [0, 0.05) is 18.5 Å². The molecule has 96 valence electrons. The zero-order valence-corrected chi connectivity index (χ0v) is 10.7. The van der Waals surface area contributed by atoms with Crippen LogP contribution in [-0.2, 0) is 11.3 Å². The molecule has 0 fully saturated rings. The summed E-state index contributed by atoms with van der Waals surface area (Å²) in [6.07, 6.45) is 0. The fourth-order valence-electron chi connectivity index (χ4n) is 1.99. The van der Waals surface area contributed by atoms with Crippen LogP contribution in [0.3, 0.4) is 0 Å². The Morgan fingerprint density at radius 2 is 1.78 bits per heavy atom. The Labute approximate surface area is 108 Å². The monoisotopic (exact) mass is 245 g/mol. The number of hydrogen-bond acceptors (Lipinski definition) is 3. The fourth-order valence-corrected chi connectivity index (χ4v) is 1.99. The van der Waals surface area contributed by atoms with Crippen molar-refractivity contribution in [2.75, 3.05) is 19.8 Å². The molecule has 3 nitrogen and oxygen atoms in total. The Kier molecular flexibility index (Phi) is 4.56. The van der Waals surface area contributed by atoms with Gasteiger partial charge in [0.2, 0.25) is 0 Å². The number of hydrogen-bond donors (Lipinski definition) is 1. The highest BCUT2D eigenvalue weighted by Crippen LogP contribution is 2.28. The van der Waals surface area contributed by atoms with Crippen molar-refractivity contribution >= 4 is 10.8 Å². The molecular formula is C15H19NO2. The van der Waals surface area contributed by atoms with Crippen LogP contribution in [0.2, 0.25) is 0 Å². The normalized spacial score (nSPS) is 10.8. The number of nitrogens with two attached hydrogens (primary N) is 1. The standard InChI is InChI=1S/C15H19NO2/c1-2-17-9-10-18-15-8-7-12(11-16)13-5-3-4-6-14(13)15/h3-8H,2,9-11,16H2,1H3. The zero-order valence-electron chi connectivity index (χ0n) is 10.7. The van der Waals surface area contributed by atoms with E-state index in [2.05, 4.69) is 12.1 Å². The summed E-state index contributed by atoms with van der Waals surface area (Å²) in [6.45, 7) is 4.42. The van der Waals surface area contributed by atoms with Gasteiger partial charge in [0.1, 0.15) is 12.4 Å². The third-order valence-electron chi connectivity index (χ3n) is 2.88. The van der Waals surface area contributed by atoms with E-state index >= 15 is 0 Å². The molecule has 0 aromatic heterocycles. The minimum absolute atomic E-state index is 0.541. The fraction of sp³-hybridized carbons (Fsp3) is 0.333. The van der Waals surface area contributed by atoms with Crippen LogP contribution in [0.25, 0.3) is 10.8 Å². The van der Waals surface area contributed by atoms with E-state index in [9.17, 15) is 0 Å². The summed E-state index contributed by atoms with van der Waals surface area (Å²) in [5, 5.41) is 2.27. The third-order valence-corrected chi connectivity index (χ3v) is 2.88. The highest BCUT2D eigenvalue weighted by Gasteiger charge is 2.05. The van der Waals surface area contributed by atoms with Gasteiger partial charge in [-0.25, -0.2) is 0 Å². The van der Waals surface area contributed by atoms with E-state index in [0.717, 1.165) is 28.7 Å². The molecule has 0 aliphatic carbocycles. The largest absolute Gasteiger partial charge is 0.491 e. The van der Waals surface area contributed by atoms with E-state index in [1.54, 1.807) is 0 Å². The van der Waals surface area contributed by atoms with Gasteiger partial charge in [-0.15, -0.1) is 0 Å². The molecule has 18 heavy (non-hydrogen) atoms. The van der Waals surface area contributed by atoms with E-state index < -0.39 is 0 Å². The minimum Gasteiger partial charge on any atom is -0.491 e. The first-order valence-electron chi connectivity index (χ1n) is 6.28. The van der Waals surface area contributed by atoms with Crippen molar-refractivity contribution in [2.45, 2.75) is 13.5 Å². The number of ether oxygens (including phenoxy) is 2. The van der Waals surface area contributed by atoms with Crippen molar-refractivity contribution in [2.24, 2.45) is 5.73 Å². The first-order valence-corrected chi connectivity index (χ1v) is 6.28. The van der Waals surface area contributed by atoms with Crippen LogP contribution in [0.5, 0.6) is 5.75 Å². The van der Waals surface area contributed by atoms with Crippen molar-refractivity contribution in [3.8, 4) is 5.75 Å². The van der Waals surface area contributed by atoms with Gasteiger partial charge in [-0.2, -0.15) is 0 Å². The summed E-state index contributed by atoms with van der Waals surface area (Å²) in [5.74, 6) is 0.891. The Balaban J connectivity index is 2.23. The summed E-state index contributed by atoms with van der Waals surface area (Å²) in [5.41, 5.74) is 6.89. The lowest BCUT2D eigenvalue weighted by molar-refractivity contribution is 0.111. The van der Waals surface area contributed by atoms with Crippen molar-refractivity contribution < 1.29 is 9.47 Å². The molecule has 0 amide bonds. The molecule has 0 heterocycles. The van der Waals surface area contributed by atoms with Gasteiger partial charge in [0.15, 0.2) is 0 Å². The highest BCUT2D eigenvalue weighted by atomic mass is 16.5. The number of fused-ring (bicyclic) bond motifs is 1. The maximum absolute atomic E-state index is 5.76. The maximum atomic E-state index is 5.76. The summed E-state index contributed by atoms with van der Waals surface area (Å²) < 4.78 is 11.0. The van der Waals surface area contributed by atoms with Crippen LogP contribution >= 0.6 is 0 Å². The summed E-state index contributed by atoms with van der Waals surface area (Å²) in [6, 6.07) is 12.2. The Morgan fingerprint density at radius 1 is 1.00 bits per heavy atom. The van der Waals surface area contributed by atoms with Crippen LogP contribution in [0, 0.1) is 0 Å². The first-order chi connectivity index (χ1) is 8.86. The molecule has 0 bridgehead atoms. The van der Waals surface area contributed by atoms with Crippen molar-refractivity contribution in [3.05, 3.63) is 42.0 Å². The SMILES string of the molecule is CCOCCOc1ccc(CN)c2ccccc12. The lowest BCUT2D eigenvalue weighted by atomic mass is 10.0. The Hall–Kier alpha value is -1.58. The quantitative estimate of drug-likeness (QED) is 0.796. The number of benzene rings is 2. The summed E-state index contributed by atoms with van der Waals surface area (Å²) in [4.78, 5) is 0. The smallest absolute Gasteiger partial charge is 0.127 e.